The Hall–Kier alpha value is -0.550. The molecule has 0 radical (unpaired) electrons. The van der Waals surface area contributed by atoms with Gasteiger partial charge in [-0.3, -0.25) is 0 Å². The van der Waals surface area contributed by atoms with Gasteiger partial charge in [0.1, 0.15) is 0 Å². The predicted octanol–water partition coefficient (Wildman–Crippen LogP) is 3.67. The van der Waals surface area contributed by atoms with Crippen LogP contribution in [0.3, 0.4) is 0 Å². The highest BCUT2D eigenvalue weighted by atomic mass is 16.5. The summed E-state index contributed by atoms with van der Waals surface area (Å²) in [6.07, 6.45) is 7.03. The highest BCUT2D eigenvalue weighted by Crippen LogP contribution is 2.18. The molecule has 0 aliphatic carbocycles. The average Bonchev–Trinajstić information content (AvgIpc) is 2.18. The van der Waals surface area contributed by atoms with Crippen molar-refractivity contribution in [2.45, 2.75) is 64.9 Å². The van der Waals surface area contributed by atoms with Gasteiger partial charge in [0.25, 0.3) is 0 Å². The molecule has 0 rings (SSSR count). The van der Waals surface area contributed by atoms with E-state index in [0.717, 1.165) is 12.8 Å². The molecule has 0 aliphatic rings. The van der Waals surface area contributed by atoms with E-state index < -0.39 is 5.60 Å². The topological polar surface area (TPSA) is 33.0 Å². The Bertz CT molecular complexity index is 174. The number of nitriles is 1. The Kier molecular flexibility index (Phi) is 7.51. The van der Waals surface area contributed by atoms with E-state index in [4.69, 9.17) is 10.00 Å². The molecule has 14 heavy (non-hydrogen) atoms. The third-order valence-electron chi connectivity index (χ3n) is 2.46. The Balaban J connectivity index is 3.58. The standard InChI is InChI=1S/C12H23NO/c1-4-6-7-8-9-10-12(3,11-13)14-5-2/h4-10H2,1-3H3. The third-order valence-corrected chi connectivity index (χ3v) is 2.46. The molecule has 0 amide bonds. The van der Waals surface area contributed by atoms with Gasteiger partial charge in [-0.15, -0.1) is 0 Å². The zero-order valence-corrected chi connectivity index (χ0v) is 9.81. The second-order valence-electron chi connectivity index (χ2n) is 3.94. The van der Waals surface area contributed by atoms with Crippen LogP contribution in [0.1, 0.15) is 59.3 Å². The Morgan fingerprint density at radius 1 is 1.14 bits per heavy atom. The lowest BCUT2D eigenvalue weighted by molar-refractivity contribution is 0.0117. The highest BCUT2D eigenvalue weighted by molar-refractivity contribution is 4.97. The summed E-state index contributed by atoms with van der Waals surface area (Å²) in [5.74, 6) is 0. The Morgan fingerprint density at radius 3 is 2.29 bits per heavy atom. The van der Waals surface area contributed by atoms with Gasteiger partial charge in [-0.1, -0.05) is 32.6 Å². The van der Waals surface area contributed by atoms with Crippen molar-refractivity contribution in [1.29, 1.82) is 5.26 Å². The summed E-state index contributed by atoms with van der Waals surface area (Å²) in [4.78, 5) is 0. The molecule has 0 spiro atoms. The van der Waals surface area contributed by atoms with Crippen molar-refractivity contribution in [3.8, 4) is 6.07 Å². The first-order chi connectivity index (χ1) is 6.68. The molecule has 2 heteroatoms. The largest absolute Gasteiger partial charge is 0.361 e. The second-order valence-corrected chi connectivity index (χ2v) is 3.94. The molecule has 0 aliphatic heterocycles. The number of rotatable bonds is 8. The first kappa shape index (κ1) is 13.4. The van der Waals surface area contributed by atoms with Gasteiger partial charge in [-0.05, 0) is 26.7 Å². The van der Waals surface area contributed by atoms with Gasteiger partial charge in [-0.25, -0.2) is 0 Å². The first-order valence-corrected chi connectivity index (χ1v) is 5.73. The molecule has 0 N–H and O–H groups in total. The van der Waals surface area contributed by atoms with Crippen molar-refractivity contribution in [2.24, 2.45) is 0 Å². The molecule has 0 heterocycles. The predicted molar refractivity (Wildman–Crippen MR) is 59.0 cm³/mol. The quantitative estimate of drug-likeness (QED) is 0.556. The van der Waals surface area contributed by atoms with Gasteiger partial charge in [-0.2, -0.15) is 5.26 Å². The molecule has 2 nitrogen and oxygen atoms in total. The normalized spacial score (nSPS) is 14.7. The van der Waals surface area contributed by atoms with E-state index in [0.29, 0.717) is 6.61 Å². The molecule has 82 valence electrons. The van der Waals surface area contributed by atoms with Crippen LogP contribution in [0.2, 0.25) is 0 Å². The van der Waals surface area contributed by atoms with Crippen LogP contribution in [0, 0.1) is 11.3 Å². The molecule has 1 atom stereocenters. The molecular formula is C12H23NO. The lowest BCUT2D eigenvalue weighted by atomic mass is 9.99. The average molecular weight is 197 g/mol. The number of nitrogens with zero attached hydrogens (tertiary/aromatic N) is 1. The van der Waals surface area contributed by atoms with Crippen molar-refractivity contribution in [3.05, 3.63) is 0 Å². The summed E-state index contributed by atoms with van der Waals surface area (Å²) in [6, 6.07) is 2.25. The summed E-state index contributed by atoms with van der Waals surface area (Å²) < 4.78 is 5.42. The van der Waals surface area contributed by atoms with Crippen molar-refractivity contribution < 1.29 is 4.74 Å². The fourth-order valence-corrected chi connectivity index (χ4v) is 1.54. The fraction of sp³-hybridized carbons (Fsp3) is 0.917. The zero-order valence-electron chi connectivity index (χ0n) is 9.81. The summed E-state index contributed by atoms with van der Waals surface area (Å²) in [7, 11) is 0. The first-order valence-electron chi connectivity index (χ1n) is 5.73. The maximum absolute atomic E-state index is 8.94. The van der Waals surface area contributed by atoms with Gasteiger partial charge in [0.2, 0.25) is 0 Å². The summed E-state index contributed by atoms with van der Waals surface area (Å²) in [5, 5.41) is 8.94. The van der Waals surface area contributed by atoms with Gasteiger partial charge in [0.05, 0.1) is 6.07 Å². The lowest BCUT2D eigenvalue weighted by Gasteiger charge is -2.21. The minimum atomic E-state index is -0.555. The van der Waals surface area contributed by atoms with Crippen LogP contribution in [0.5, 0.6) is 0 Å². The van der Waals surface area contributed by atoms with E-state index in [2.05, 4.69) is 13.0 Å². The molecule has 0 saturated heterocycles. The number of unbranched alkanes of at least 4 members (excludes halogenated alkanes) is 4. The van der Waals surface area contributed by atoms with Crippen LogP contribution in [-0.4, -0.2) is 12.2 Å². The van der Waals surface area contributed by atoms with Crippen LogP contribution < -0.4 is 0 Å². The zero-order chi connectivity index (χ0) is 10.9. The van der Waals surface area contributed by atoms with E-state index in [1.807, 2.05) is 13.8 Å². The summed E-state index contributed by atoms with van der Waals surface area (Å²) in [6.45, 7) is 6.65. The SMILES string of the molecule is CCCCCCCC(C)(C#N)OCC. The Morgan fingerprint density at radius 2 is 1.79 bits per heavy atom. The molecule has 0 saturated carbocycles. The van der Waals surface area contributed by atoms with Crippen LogP contribution in [0.25, 0.3) is 0 Å². The van der Waals surface area contributed by atoms with E-state index in [1.54, 1.807) is 0 Å². The van der Waals surface area contributed by atoms with E-state index in [1.165, 1.54) is 25.7 Å². The second kappa shape index (κ2) is 7.82. The molecule has 0 aromatic carbocycles. The number of hydrogen-bond donors (Lipinski definition) is 0. The van der Waals surface area contributed by atoms with Crippen molar-refractivity contribution >= 4 is 0 Å². The molecule has 0 fully saturated rings. The van der Waals surface area contributed by atoms with Gasteiger partial charge in [0.15, 0.2) is 5.60 Å². The van der Waals surface area contributed by atoms with E-state index >= 15 is 0 Å². The van der Waals surface area contributed by atoms with Crippen LogP contribution >= 0.6 is 0 Å². The monoisotopic (exact) mass is 197 g/mol. The number of ether oxygens (including phenoxy) is 1. The van der Waals surface area contributed by atoms with Crippen LogP contribution in [0.4, 0.5) is 0 Å². The number of hydrogen-bond acceptors (Lipinski definition) is 2. The van der Waals surface area contributed by atoms with Gasteiger partial charge >= 0.3 is 0 Å². The minimum Gasteiger partial charge on any atom is -0.361 e. The van der Waals surface area contributed by atoms with Crippen LogP contribution in [-0.2, 0) is 4.74 Å². The Labute approximate surface area is 88.3 Å². The van der Waals surface area contributed by atoms with Crippen molar-refractivity contribution in [2.75, 3.05) is 6.61 Å². The molecule has 0 aromatic heterocycles. The maximum atomic E-state index is 8.94. The molecular weight excluding hydrogens is 174 g/mol. The molecule has 1 unspecified atom stereocenters. The van der Waals surface area contributed by atoms with Gasteiger partial charge < -0.3 is 4.74 Å². The van der Waals surface area contributed by atoms with Crippen molar-refractivity contribution in [3.63, 3.8) is 0 Å². The van der Waals surface area contributed by atoms with Crippen LogP contribution in [0.15, 0.2) is 0 Å². The fourth-order valence-electron chi connectivity index (χ4n) is 1.54. The lowest BCUT2D eigenvalue weighted by Crippen LogP contribution is -2.26. The van der Waals surface area contributed by atoms with E-state index in [-0.39, 0.29) is 0 Å². The smallest absolute Gasteiger partial charge is 0.151 e. The minimum absolute atomic E-state index is 0.555. The molecule has 0 bridgehead atoms. The third kappa shape index (κ3) is 5.99. The van der Waals surface area contributed by atoms with Crippen molar-refractivity contribution in [1.82, 2.24) is 0 Å². The highest BCUT2D eigenvalue weighted by Gasteiger charge is 2.22. The van der Waals surface area contributed by atoms with E-state index in [9.17, 15) is 0 Å². The molecule has 0 aromatic rings. The van der Waals surface area contributed by atoms with Gasteiger partial charge in [0, 0.05) is 6.61 Å². The summed E-state index contributed by atoms with van der Waals surface area (Å²) in [5.41, 5.74) is -0.555. The summed E-state index contributed by atoms with van der Waals surface area (Å²) >= 11 is 0. The maximum Gasteiger partial charge on any atom is 0.151 e.